The zero-order valence-corrected chi connectivity index (χ0v) is 18.6. The first-order valence-corrected chi connectivity index (χ1v) is 10.6. The van der Waals surface area contributed by atoms with E-state index in [2.05, 4.69) is 20.3 Å². The van der Waals surface area contributed by atoms with Crippen LogP contribution in [0, 0.1) is 5.41 Å². The molecule has 0 saturated carbocycles. The number of piperazine rings is 1. The van der Waals surface area contributed by atoms with Gasteiger partial charge in [0.2, 0.25) is 5.91 Å². The third-order valence-electron chi connectivity index (χ3n) is 4.18. The zero-order valence-electron chi connectivity index (χ0n) is 17.0. The lowest BCUT2D eigenvalue weighted by Gasteiger charge is -2.42. The topological polar surface area (TPSA) is 87.7 Å². The maximum absolute atomic E-state index is 12.6. The largest absolute Gasteiger partial charge is 0.353 e. The van der Waals surface area contributed by atoms with E-state index in [-0.39, 0.29) is 23.6 Å². The summed E-state index contributed by atoms with van der Waals surface area (Å²) in [5.41, 5.74) is 1.93. The van der Waals surface area contributed by atoms with Crippen molar-refractivity contribution in [3.05, 3.63) is 11.2 Å². The van der Waals surface area contributed by atoms with Crippen molar-refractivity contribution in [1.82, 2.24) is 20.3 Å². The molecule has 1 aliphatic heterocycles. The highest BCUT2D eigenvalue weighted by atomic mass is 35.5. The molecule has 0 aromatic carbocycles. The van der Waals surface area contributed by atoms with Gasteiger partial charge >= 0.3 is 0 Å². The Balaban J connectivity index is 2.03. The smallest absolute Gasteiger partial charge is 0.254 e. The Labute approximate surface area is 175 Å². The Morgan fingerprint density at radius 3 is 2.68 bits per heavy atom. The minimum Gasteiger partial charge on any atom is -0.353 e. The molecule has 0 spiro atoms. The van der Waals surface area contributed by atoms with Crippen LogP contribution >= 0.6 is 23.4 Å². The number of carbonyl (C=O) groups is 2. The van der Waals surface area contributed by atoms with E-state index in [9.17, 15) is 9.59 Å². The van der Waals surface area contributed by atoms with E-state index in [1.807, 2.05) is 32.6 Å². The Hall–Kier alpha value is -1.58. The minimum absolute atomic E-state index is 0.0577. The van der Waals surface area contributed by atoms with Crippen molar-refractivity contribution >= 4 is 41.0 Å². The number of carbonyl (C=O) groups excluding carboxylic acids is 2. The third-order valence-corrected chi connectivity index (χ3v) is 5.22. The van der Waals surface area contributed by atoms with Crippen LogP contribution in [-0.4, -0.2) is 64.7 Å². The molecule has 1 aromatic heterocycles. The molecular formula is C18H28ClN5O3S. The Morgan fingerprint density at radius 1 is 1.36 bits per heavy atom. The fourth-order valence-corrected chi connectivity index (χ4v) is 3.69. The number of halogens is 1. The number of hydroxylamine groups is 1. The lowest BCUT2D eigenvalue weighted by Crippen LogP contribution is -2.56. The molecule has 0 radical (unpaired) electrons. The third kappa shape index (κ3) is 6.22. The van der Waals surface area contributed by atoms with E-state index in [4.69, 9.17) is 16.4 Å². The highest BCUT2D eigenvalue weighted by Crippen LogP contribution is 2.26. The first-order valence-electron chi connectivity index (χ1n) is 9.25. The standard InChI is InChI=1S/C18H28ClN5O3S/c1-6-27-22-15(25)11-28-17-20-13(19)9-14(21-17)23-7-8-24(12(2)10-23)16(26)18(3,4)5/h9,12H,6-8,10-11H2,1-5H3,(H,22,25). The molecule has 1 saturated heterocycles. The highest BCUT2D eigenvalue weighted by Gasteiger charge is 2.34. The predicted octanol–water partition coefficient (Wildman–Crippen LogP) is 2.37. The van der Waals surface area contributed by atoms with Gasteiger partial charge in [0.05, 0.1) is 12.4 Å². The van der Waals surface area contributed by atoms with Gasteiger partial charge in [-0.2, -0.15) is 0 Å². The van der Waals surface area contributed by atoms with E-state index < -0.39 is 5.41 Å². The highest BCUT2D eigenvalue weighted by molar-refractivity contribution is 7.99. The number of hydrogen-bond donors (Lipinski definition) is 1. The monoisotopic (exact) mass is 429 g/mol. The normalized spacial score (nSPS) is 17.6. The van der Waals surface area contributed by atoms with Gasteiger partial charge in [0, 0.05) is 37.2 Å². The summed E-state index contributed by atoms with van der Waals surface area (Å²) in [5, 5.41) is 0.744. The molecular weight excluding hydrogens is 402 g/mol. The Kier molecular flexibility index (Phi) is 7.91. The van der Waals surface area contributed by atoms with Crippen LogP contribution in [0.3, 0.4) is 0 Å². The van der Waals surface area contributed by atoms with Gasteiger partial charge in [-0.1, -0.05) is 44.1 Å². The molecule has 0 aliphatic carbocycles. The molecule has 2 heterocycles. The Bertz CT molecular complexity index is 713. The van der Waals surface area contributed by atoms with Crippen LogP contribution < -0.4 is 10.4 Å². The number of nitrogens with zero attached hydrogens (tertiary/aromatic N) is 4. The number of anilines is 1. The van der Waals surface area contributed by atoms with Crippen LogP contribution in [0.2, 0.25) is 5.15 Å². The second-order valence-electron chi connectivity index (χ2n) is 7.62. The summed E-state index contributed by atoms with van der Waals surface area (Å²) >= 11 is 7.35. The lowest BCUT2D eigenvalue weighted by molar-refractivity contribution is -0.142. The lowest BCUT2D eigenvalue weighted by atomic mass is 9.93. The predicted molar refractivity (Wildman–Crippen MR) is 110 cm³/mol. The molecule has 10 heteroatoms. The summed E-state index contributed by atoms with van der Waals surface area (Å²) < 4.78 is 0. The molecule has 2 amide bonds. The number of thioether (sulfide) groups is 1. The number of amides is 2. The van der Waals surface area contributed by atoms with Crippen LogP contribution in [0.15, 0.2) is 11.2 Å². The van der Waals surface area contributed by atoms with Crippen LogP contribution in [0.25, 0.3) is 0 Å². The second-order valence-corrected chi connectivity index (χ2v) is 8.95. The number of rotatable bonds is 6. The molecule has 1 unspecified atom stereocenters. The van der Waals surface area contributed by atoms with Crippen LogP contribution in [0.5, 0.6) is 0 Å². The molecule has 28 heavy (non-hydrogen) atoms. The number of hydrogen-bond acceptors (Lipinski definition) is 7. The average Bonchev–Trinajstić information content (AvgIpc) is 2.62. The zero-order chi connectivity index (χ0) is 20.9. The maximum Gasteiger partial charge on any atom is 0.254 e. The minimum atomic E-state index is -0.402. The molecule has 8 nitrogen and oxygen atoms in total. The van der Waals surface area contributed by atoms with E-state index in [0.29, 0.717) is 42.4 Å². The first kappa shape index (κ1) is 22.7. The molecule has 0 bridgehead atoms. The van der Waals surface area contributed by atoms with Gasteiger partial charge in [-0.3, -0.25) is 14.4 Å². The molecule has 1 aliphatic rings. The fourth-order valence-electron chi connectivity index (χ4n) is 2.82. The molecule has 1 N–H and O–H groups in total. The summed E-state index contributed by atoms with van der Waals surface area (Å²) in [6.45, 7) is 12.0. The van der Waals surface area contributed by atoms with Gasteiger partial charge in [-0.15, -0.1) is 0 Å². The van der Waals surface area contributed by atoms with Gasteiger partial charge in [0.1, 0.15) is 11.0 Å². The molecule has 1 atom stereocenters. The van der Waals surface area contributed by atoms with Gasteiger partial charge in [0.25, 0.3) is 5.91 Å². The van der Waals surface area contributed by atoms with Crippen LogP contribution in [-0.2, 0) is 14.4 Å². The van der Waals surface area contributed by atoms with Gasteiger partial charge in [-0.05, 0) is 13.8 Å². The molecule has 2 rings (SSSR count). The summed E-state index contributed by atoms with van der Waals surface area (Å²) in [6.07, 6.45) is 0. The van der Waals surface area contributed by atoms with Gasteiger partial charge in [-0.25, -0.2) is 15.4 Å². The van der Waals surface area contributed by atoms with E-state index in [0.717, 1.165) is 0 Å². The summed E-state index contributed by atoms with van der Waals surface area (Å²) in [5.74, 6) is 0.712. The van der Waals surface area contributed by atoms with Crippen molar-refractivity contribution in [3.63, 3.8) is 0 Å². The Morgan fingerprint density at radius 2 is 2.07 bits per heavy atom. The van der Waals surface area contributed by atoms with Crippen molar-refractivity contribution in [1.29, 1.82) is 0 Å². The SMILES string of the molecule is CCONC(=O)CSc1nc(Cl)cc(N2CCN(C(=O)C(C)(C)C)C(C)C2)n1. The summed E-state index contributed by atoms with van der Waals surface area (Å²) in [7, 11) is 0. The number of nitrogens with one attached hydrogen (secondary N) is 1. The van der Waals surface area contributed by atoms with Gasteiger partial charge in [0.15, 0.2) is 5.16 Å². The van der Waals surface area contributed by atoms with Crippen molar-refractivity contribution in [3.8, 4) is 0 Å². The molecule has 1 fully saturated rings. The van der Waals surface area contributed by atoms with Crippen molar-refractivity contribution < 1.29 is 14.4 Å². The van der Waals surface area contributed by atoms with E-state index >= 15 is 0 Å². The summed E-state index contributed by atoms with van der Waals surface area (Å²) in [6, 6.07) is 1.77. The quantitative estimate of drug-likeness (QED) is 0.321. The van der Waals surface area contributed by atoms with Crippen LogP contribution in [0.4, 0.5) is 5.82 Å². The summed E-state index contributed by atoms with van der Waals surface area (Å²) in [4.78, 5) is 41.9. The van der Waals surface area contributed by atoms with E-state index in [1.54, 1.807) is 13.0 Å². The average molecular weight is 430 g/mol. The van der Waals surface area contributed by atoms with Crippen molar-refractivity contribution in [2.75, 3.05) is 36.9 Å². The van der Waals surface area contributed by atoms with E-state index in [1.165, 1.54) is 11.8 Å². The second kappa shape index (κ2) is 9.76. The van der Waals surface area contributed by atoms with Crippen molar-refractivity contribution in [2.45, 2.75) is 45.8 Å². The number of aromatic nitrogens is 2. The van der Waals surface area contributed by atoms with Crippen LogP contribution in [0.1, 0.15) is 34.6 Å². The molecule has 156 valence electrons. The maximum atomic E-state index is 12.6. The van der Waals surface area contributed by atoms with Crippen molar-refractivity contribution in [2.24, 2.45) is 5.41 Å². The fraction of sp³-hybridized carbons (Fsp3) is 0.667. The molecule has 1 aromatic rings. The first-order chi connectivity index (χ1) is 13.1. The van der Waals surface area contributed by atoms with Gasteiger partial charge < -0.3 is 9.80 Å².